The molecule has 112 valence electrons. The normalized spacial score (nSPS) is 20.0. The van der Waals surface area contributed by atoms with Crippen molar-refractivity contribution in [2.75, 3.05) is 24.6 Å². The summed E-state index contributed by atoms with van der Waals surface area (Å²) in [5, 5.41) is 6.69. The van der Waals surface area contributed by atoms with Crippen molar-refractivity contribution in [1.29, 1.82) is 0 Å². The topological polar surface area (TPSA) is 31.2 Å². The fraction of sp³-hybridized carbons (Fsp3) is 0.529. The Morgan fingerprint density at radius 2 is 1.90 bits per heavy atom. The molecule has 0 bridgehead atoms. The molecule has 2 aliphatic rings. The highest BCUT2D eigenvalue weighted by Crippen LogP contribution is 2.20. The minimum absolute atomic E-state index is 0.927. The number of hydrazone groups is 1. The molecule has 0 aliphatic carbocycles. The smallest absolute Gasteiger partial charge is 0.152 e. The monoisotopic (exact) mass is 284 g/mol. The van der Waals surface area contributed by atoms with Crippen molar-refractivity contribution in [1.82, 2.24) is 4.90 Å². The summed E-state index contributed by atoms with van der Waals surface area (Å²) in [5.74, 6) is 0.945. The lowest BCUT2D eigenvalue weighted by Crippen LogP contribution is -2.23. The van der Waals surface area contributed by atoms with Gasteiger partial charge in [-0.15, -0.1) is 0 Å². The summed E-state index contributed by atoms with van der Waals surface area (Å²) in [4.78, 5) is 6.93. The second-order valence-electron chi connectivity index (χ2n) is 5.92. The van der Waals surface area contributed by atoms with E-state index in [1.807, 2.05) is 6.34 Å². The van der Waals surface area contributed by atoms with E-state index < -0.39 is 0 Å². The fourth-order valence-corrected chi connectivity index (χ4v) is 2.87. The number of likely N-dealkylation sites (tertiary alicyclic amines) is 1. The Hall–Kier alpha value is -1.84. The molecule has 2 heterocycles. The lowest BCUT2D eigenvalue weighted by atomic mass is 10.2. The SMILES string of the molecule is Cc1cccc(N2CCC(N=CN3CCCCCC3)=N2)c1. The van der Waals surface area contributed by atoms with Crippen LogP contribution >= 0.6 is 0 Å². The van der Waals surface area contributed by atoms with Gasteiger partial charge in [0.1, 0.15) is 0 Å². The predicted octanol–water partition coefficient (Wildman–Crippen LogP) is 3.42. The van der Waals surface area contributed by atoms with E-state index in [1.165, 1.54) is 31.2 Å². The van der Waals surface area contributed by atoms with Gasteiger partial charge in [0.2, 0.25) is 0 Å². The number of rotatable bonds is 2. The van der Waals surface area contributed by atoms with Crippen molar-refractivity contribution >= 4 is 17.9 Å². The lowest BCUT2D eigenvalue weighted by molar-refractivity contribution is 0.448. The number of nitrogens with zero attached hydrogens (tertiary/aromatic N) is 4. The molecule has 0 saturated carbocycles. The zero-order chi connectivity index (χ0) is 14.5. The summed E-state index contributed by atoms with van der Waals surface area (Å²) < 4.78 is 0. The summed E-state index contributed by atoms with van der Waals surface area (Å²) >= 11 is 0. The van der Waals surface area contributed by atoms with Crippen LogP contribution in [0.2, 0.25) is 0 Å². The third-order valence-corrected chi connectivity index (χ3v) is 4.09. The molecule has 2 aliphatic heterocycles. The number of benzene rings is 1. The van der Waals surface area contributed by atoms with Crippen LogP contribution in [0.4, 0.5) is 5.69 Å². The molecule has 1 fully saturated rings. The molecule has 0 spiro atoms. The molecular formula is C17H24N4. The molecule has 0 unspecified atom stereocenters. The van der Waals surface area contributed by atoms with Crippen LogP contribution in [-0.4, -0.2) is 36.7 Å². The van der Waals surface area contributed by atoms with Crippen molar-refractivity contribution in [3.05, 3.63) is 29.8 Å². The number of hydrogen-bond donors (Lipinski definition) is 0. The van der Waals surface area contributed by atoms with Crippen molar-refractivity contribution in [3.63, 3.8) is 0 Å². The molecule has 4 nitrogen and oxygen atoms in total. The van der Waals surface area contributed by atoms with E-state index >= 15 is 0 Å². The van der Waals surface area contributed by atoms with Crippen LogP contribution in [0, 0.1) is 6.92 Å². The van der Waals surface area contributed by atoms with Gasteiger partial charge < -0.3 is 4.90 Å². The largest absolute Gasteiger partial charge is 0.363 e. The minimum Gasteiger partial charge on any atom is -0.363 e. The second-order valence-corrected chi connectivity index (χ2v) is 5.92. The highest BCUT2D eigenvalue weighted by atomic mass is 15.5. The van der Waals surface area contributed by atoms with Gasteiger partial charge in [-0.25, -0.2) is 4.99 Å². The maximum atomic E-state index is 4.63. The number of anilines is 1. The Labute approximate surface area is 127 Å². The second kappa shape index (κ2) is 6.74. The number of aliphatic imine (C=N–C) groups is 1. The number of hydrogen-bond acceptors (Lipinski definition) is 3. The van der Waals surface area contributed by atoms with E-state index in [2.05, 4.69) is 51.2 Å². The number of aryl methyl sites for hydroxylation is 1. The van der Waals surface area contributed by atoms with E-state index in [9.17, 15) is 0 Å². The Morgan fingerprint density at radius 3 is 2.67 bits per heavy atom. The first-order chi connectivity index (χ1) is 10.3. The molecule has 21 heavy (non-hydrogen) atoms. The highest BCUT2D eigenvalue weighted by molar-refractivity contribution is 5.91. The average molecular weight is 284 g/mol. The van der Waals surface area contributed by atoms with E-state index in [0.29, 0.717) is 0 Å². The molecule has 0 aromatic heterocycles. The summed E-state index contributed by atoms with van der Waals surface area (Å²) in [6, 6.07) is 8.48. The average Bonchev–Trinajstić information content (AvgIpc) is 2.81. The molecule has 1 aromatic rings. The summed E-state index contributed by atoms with van der Waals surface area (Å²) in [7, 11) is 0. The first kappa shape index (κ1) is 14.1. The van der Waals surface area contributed by atoms with Gasteiger partial charge in [-0.2, -0.15) is 5.10 Å². The van der Waals surface area contributed by atoms with Gasteiger partial charge in [-0.3, -0.25) is 5.01 Å². The lowest BCUT2D eigenvalue weighted by Gasteiger charge is -2.15. The Kier molecular flexibility index (Phi) is 4.53. The van der Waals surface area contributed by atoms with Gasteiger partial charge in [0.15, 0.2) is 5.84 Å². The highest BCUT2D eigenvalue weighted by Gasteiger charge is 2.15. The van der Waals surface area contributed by atoms with Crippen LogP contribution in [0.1, 0.15) is 37.7 Å². The van der Waals surface area contributed by atoms with E-state index in [0.717, 1.165) is 37.6 Å². The first-order valence-corrected chi connectivity index (χ1v) is 8.01. The van der Waals surface area contributed by atoms with Gasteiger partial charge in [0.25, 0.3) is 0 Å². The van der Waals surface area contributed by atoms with E-state index in [-0.39, 0.29) is 0 Å². The van der Waals surface area contributed by atoms with Gasteiger partial charge in [-0.1, -0.05) is 25.0 Å². The molecule has 0 N–H and O–H groups in total. The molecule has 1 aromatic carbocycles. The fourth-order valence-electron chi connectivity index (χ4n) is 2.87. The molecule has 1 saturated heterocycles. The molecular weight excluding hydrogens is 260 g/mol. The molecule has 0 atom stereocenters. The third-order valence-electron chi connectivity index (χ3n) is 4.09. The van der Waals surface area contributed by atoms with Gasteiger partial charge in [0, 0.05) is 26.1 Å². The maximum absolute atomic E-state index is 4.63. The van der Waals surface area contributed by atoms with Crippen LogP contribution < -0.4 is 5.01 Å². The summed E-state index contributed by atoms with van der Waals surface area (Å²) in [6.45, 7) is 5.31. The Morgan fingerprint density at radius 1 is 1.10 bits per heavy atom. The van der Waals surface area contributed by atoms with Crippen molar-refractivity contribution in [2.24, 2.45) is 10.1 Å². The van der Waals surface area contributed by atoms with E-state index in [4.69, 9.17) is 0 Å². The van der Waals surface area contributed by atoms with E-state index in [1.54, 1.807) is 0 Å². The van der Waals surface area contributed by atoms with Crippen LogP contribution in [0.25, 0.3) is 0 Å². The Balaban J connectivity index is 1.63. The maximum Gasteiger partial charge on any atom is 0.152 e. The molecule has 4 heteroatoms. The van der Waals surface area contributed by atoms with Crippen molar-refractivity contribution in [2.45, 2.75) is 39.0 Å². The standard InChI is InChI=1S/C17H24N4/c1-15-7-6-8-16(13-15)21-12-9-17(19-21)18-14-20-10-4-2-3-5-11-20/h6-8,13-14H,2-5,9-12H2,1H3. The first-order valence-electron chi connectivity index (χ1n) is 8.01. The van der Waals surface area contributed by atoms with Gasteiger partial charge in [-0.05, 0) is 37.5 Å². The zero-order valence-electron chi connectivity index (χ0n) is 12.8. The predicted molar refractivity (Wildman–Crippen MR) is 89.1 cm³/mol. The van der Waals surface area contributed by atoms with Crippen molar-refractivity contribution in [3.8, 4) is 0 Å². The molecule has 0 radical (unpaired) electrons. The Bertz CT molecular complexity index is 527. The quantitative estimate of drug-likeness (QED) is 0.615. The summed E-state index contributed by atoms with van der Waals surface area (Å²) in [5.41, 5.74) is 2.43. The minimum atomic E-state index is 0.927. The van der Waals surface area contributed by atoms with Crippen LogP contribution in [0.3, 0.4) is 0 Å². The number of amidine groups is 1. The van der Waals surface area contributed by atoms with Crippen LogP contribution in [-0.2, 0) is 0 Å². The van der Waals surface area contributed by atoms with Gasteiger partial charge in [0.05, 0.1) is 12.0 Å². The van der Waals surface area contributed by atoms with Crippen LogP contribution in [0.15, 0.2) is 34.4 Å². The third kappa shape index (κ3) is 3.84. The van der Waals surface area contributed by atoms with Gasteiger partial charge >= 0.3 is 0 Å². The van der Waals surface area contributed by atoms with Crippen molar-refractivity contribution < 1.29 is 0 Å². The molecule has 3 rings (SSSR count). The summed E-state index contributed by atoms with van der Waals surface area (Å²) in [6.07, 6.45) is 8.21. The molecule has 0 amide bonds. The zero-order valence-corrected chi connectivity index (χ0v) is 12.8. The van der Waals surface area contributed by atoms with Crippen LogP contribution in [0.5, 0.6) is 0 Å².